The van der Waals surface area contributed by atoms with Gasteiger partial charge in [0.15, 0.2) is 17.2 Å². The van der Waals surface area contributed by atoms with E-state index in [0.717, 1.165) is 53.3 Å². The van der Waals surface area contributed by atoms with Crippen molar-refractivity contribution in [1.82, 2.24) is 24.4 Å². The summed E-state index contributed by atoms with van der Waals surface area (Å²) in [5.74, 6) is 0.695. The first kappa shape index (κ1) is 28.4. The van der Waals surface area contributed by atoms with Gasteiger partial charge in [-0.2, -0.15) is 0 Å². The van der Waals surface area contributed by atoms with Gasteiger partial charge in [-0.1, -0.05) is 56.3 Å². The Hall–Kier alpha value is -5.35. The molecule has 0 atom stereocenters. The van der Waals surface area contributed by atoms with Crippen LogP contribution in [0.15, 0.2) is 94.6 Å². The monoisotopic (exact) mass is 599 g/mol. The minimum atomic E-state index is -0.776. The van der Waals surface area contributed by atoms with Crippen LogP contribution < -0.4 is 21.5 Å². The summed E-state index contributed by atoms with van der Waals surface area (Å²) in [6.45, 7) is 7.99. The van der Waals surface area contributed by atoms with Crippen LogP contribution in [0.2, 0.25) is 0 Å². The van der Waals surface area contributed by atoms with Crippen LogP contribution in [0.1, 0.15) is 19.4 Å². The number of aromatic nitrogens is 4. The number of pyridine rings is 2. The van der Waals surface area contributed by atoms with Gasteiger partial charge < -0.3 is 15.7 Å². The molecule has 2 fully saturated rings. The normalized spacial score (nSPS) is 15.5. The molecule has 3 aromatic carbocycles. The number of rotatable bonds is 6. The van der Waals surface area contributed by atoms with Gasteiger partial charge >= 0.3 is 0 Å². The molecular weight excluding hydrogens is 566 g/mol. The molecule has 3 aromatic heterocycles. The molecule has 0 bridgehead atoms. The molecule has 0 radical (unpaired) electrons. The number of nitrogens with zero attached hydrogens (tertiary/aromatic N) is 6. The van der Waals surface area contributed by atoms with E-state index in [1.807, 2.05) is 77.9 Å². The number of anilines is 2. The van der Waals surface area contributed by atoms with Crippen molar-refractivity contribution in [2.45, 2.75) is 20.4 Å². The first-order valence-electron chi connectivity index (χ1n) is 15.1. The minimum Gasteiger partial charge on any atom is -0.502 e. The van der Waals surface area contributed by atoms with Crippen LogP contribution in [0.4, 0.5) is 11.5 Å². The molecule has 0 amide bonds. The van der Waals surface area contributed by atoms with Crippen LogP contribution in [-0.2, 0) is 6.54 Å². The smallest absolute Gasteiger partial charge is 0.271 e. The Bertz CT molecular complexity index is 2080. The molecule has 0 aliphatic carbocycles. The largest absolute Gasteiger partial charge is 0.502 e. The van der Waals surface area contributed by atoms with Crippen LogP contribution in [0, 0.1) is 5.41 Å². The van der Waals surface area contributed by atoms with Gasteiger partial charge in [-0.25, -0.2) is 15.0 Å². The third kappa shape index (κ3) is 4.74. The maximum absolute atomic E-state index is 11.8. The Morgan fingerprint density at radius 2 is 1.58 bits per heavy atom. The zero-order chi connectivity index (χ0) is 31.3. The number of hydrogen-bond acceptors (Lipinski definition) is 9. The average Bonchev–Trinajstić information content (AvgIpc) is 3.43. The Labute approximate surface area is 259 Å². The van der Waals surface area contributed by atoms with E-state index in [1.54, 1.807) is 6.20 Å². The van der Waals surface area contributed by atoms with E-state index < -0.39 is 10.9 Å². The van der Waals surface area contributed by atoms with E-state index in [0.29, 0.717) is 24.7 Å². The van der Waals surface area contributed by atoms with E-state index in [9.17, 15) is 14.7 Å². The Kier molecular flexibility index (Phi) is 6.93. The summed E-state index contributed by atoms with van der Waals surface area (Å²) in [6, 6.07) is 26.2. The molecule has 2 aliphatic rings. The second-order valence-corrected chi connectivity index (χ2v) is 11.6. The van der Waals surface area contributed by atoms with E-state index in [4.69, 9.17) is 15.7 Å². The Morgan fingerprint density at radius 1 is 0.844 bits per heavy atom. The lowest BCUT2D eigenvalue weighted by Gasteiger charge is -2.61. The average molecular weight is 600 g/mol. The van der Waals surface area contributed by atoms with Gasteiger partial charge in [0.1, 0.15) is 17.0 Å². The highest BCUT2D eigenvalue weighted by Gasteiger charge is 2.53. The van der Waals surface area contributed by atoms with Crippen LogP contribution in [0.3, 0.4) is 0 Å². The van der Waals surface area contributed by atoms with Crippen molar-refractivity contribution in [3.63, 3.8) is 0 Å². The fraction of sp³-hybridized carbons (Fsp3) is 0.229. The van der Waals surface area contributed by atoms with Crippen molar-refractivity contribution in [3.05, 3.63) is 111 Å². The van der Waals surface area contributed by atoms with Gasteiger partial charge in [-0.15, -0.1) is 0 Å². The molecule has 5 heterocycles. The van der Waals surface area contributed by atoms with Gasteiger partial charge in [-0.05, 0) is 42.0 Å². The van der Waals surface area contributed by atoms with E-state index >= 15 is 0 Å². The van der Waals surface area contributed by atoms with Crippen LogP contribution in [0.5, 0.6) is 5.75 Å². The molecule has 226 valence electrons. The molecule has 2 aliphatic heterocycles. The van der Waals surface area contributed by atoms with E-state index in [1.165, 1.54) is 5.56 Å². The lowest BCUT2D eigenvalue weighted by molar-refractivity contribution is -0.0276. The molecule has 10 nitrogen and oxygen atoms in total. The van der Waals surface area contributed by atoms with Crippen molar-refractivity contribution in [2.75, 3.05) is 36.8 Å². The SMILES string of the molecule is CC.Nc1ncccc1-c1nc2ccc(-c3ccccc3)nc2n1-c1ccc(CN2CC3(C2)CN(c2c(O)c(=O)c2=O)C3)cc1. The molecule has 6 aromatic rings. The number of likely N-dealkylation sites (tertiary alicyclic amines) is 1. The number of aromatic hydroxyl groups is 1. The highest BCUT2D eigenvalue weighted by atomic mass is 16.3. The Morgan fingerprint density at radius 3 is 2.27 bits per heavy atom. The van der Waals surface area contributed by atoms with Crippen molar-refractivity contribution in [3.8, 4) is 34.1 Å². The van der Waals surface area contributed by atoms with Crippen LogP contribution in [-0.4, -0.2) is 55.7 Å². The van der Waals surface area contributed by atoms with Gasteiger partial charge in [-0.3, -0.25) is 19.1 Å². The summed E-state index contributed by atoms with van der Waals surface area (Å²) in [4.78, 5) is 41.6. The van der Waals surface area contributed by atoms with Gasteiger partial charge in [0.05, 0.1) is 11.3 Å². The zero-order valence-electron chi connectivity index (χ0n) is 25.1. The quantitative estimate of drug-likeness (QED) is 0.268. The topological polar surface area (TPSA) is 130 Å². The highest BCUT2D eigenvalue weighted by Crippen LogP contribution is 2.43. The molecular formula is C35H33N7O3. The lowest BCUT2D eigenvalue weighted by Crippen LogP contribution is -2.72. The number of fused-ring (bicyclic) bond motifs is 1. The zero-order valence-corrected chi connectivity index (χ0v) is 25.1. The van der Waals surface area contributed by atoms with Gasteiger partial charge in [0, 0.05) is 55.6 Å². The standard InChI is InChI=1S/C33H27N7O3.C2H6/c34-30-23(7-4-14-35-30)31-37-25-13-12-24(21-5-2-1-3-6-21)36-32(25)40(31)22-10-8-20(9-11-22)15-38-16-33(17-38)18-39(19-33)26-27(41)29(43)28(26)42;1-2/h1-14,41H,15-19H2,(H2,34,35);1-2H3. The molecule has 3 N–H and O–H groups in total. The first-order chi connectivity index (χ1) is 21.9. The molecule has 8 rings (SSSR count). The van der Waals surface area contributed by atoms with E-state index in [-0.39, 0.29) is 16.9 Å². The van der Waals surface area contributed by atoms with Crippen LogP contribution in [0.25, 0.3) is 39.5 Å². The maximum Gasteiger partial charge on any atom is 0.271 e. The van der Waals surface area contributed by atoms with Gasteiger partial charge in [0.2, 0.25) is 0 Å². The highest BCUT2D eigenvalue weighted by molar-refractivity contribution is 5.84. The maximum atomic E-state index is 11.8. The number of hydrogen-bond donors (Lipinski definition) is 2. The molecule has 2 saturated heterocycles. The predicted octanol–water partition coefficient (Wildman–Crippen LogP) is 4.38. The van der Waals surface area contributed by atoms with Crippen molar-refractivity contribution >= 4 is 22.7 Å². The molecule has 0 saturated carbocycles. The van der Waals surface area contributed by atoms with Crippen molar-refractivity contribution < 1.29 is 5.11 Å². The lowest BCUT2D eigenvalue weighted by atomic mass is 9.72. The first-order valence-corrected chi connectivity index (χ1v) is 15.1. The second-order valence-electron chi connectivity index (χ2n) is 11.6. The number of imidazole rings is 1. The number of benzene rings is 2. The molecule has 0 unspecified atom stereocenters. The fourth-order valence-electron chi connectivity index (χ4n) is 6.56. The number of nitrogens with two attached hydrogens (primary N) is 1. The summed E-state index contributed by atoms with van der Waals surface area (Å²) in [6.07, 6.45) is 1.67. The van der Waals surface area contributed by atoms with Gasteiger partial charge in [0.25, 0.3) is 10.9 Å². The number of nitrogen functional groups attached to an aromatic ring is 1. The van der Waals surface area contributed by atoms with Crippen molar-refractivity contribution in [1.29, 1.82) is 0 Å². The summed E-state index contributed by atoms with van der Waals surface area (Å²) in [5.41, 5.74) is 11.5. The Balaban J connectivity index is 0.00000160. The van der Waals surface area contributed by atoms with E-state index in [2.05, 4.69) is 34.1 Å². The van der Waals surface area contributed by atoms with Crippen LogP contribution >= 0.6 is 0 Å². The summed E-state index contributed by atoms with van der Waals surface area (Å²) in [7, 11) is 0. The summed E-state index contributed by atoms with van der Waals surface area (Å²) >= 11 is 0. The molecule has 45 heavy (non-hydrogen) atoms. The summed E-state index contributed by atoms with van der Waals surface area (Å²) < 4.78 is 2.04. The third-order valence-corrected chi connectivity index (χ3v) is 8.60. The third-order valence-electron chi connectivity index (χ3n) is 8.60. The minimum absolute atomic E-state index is 0.114. The molecule has 10 heteroatoms. The fourth-order valence-corrected chi connectivity index (χ4v) is 6.56. The second kappa shape index (κ2) is 11.0. The van der Waals surface area contributed by atoms with Crippen molar-refractivity contribution in [2.24, 2.45) is 5.41 Å². The predicted molar refractivity (Wildman–Crippen MR) is 176 cm³/mol. The molecule has 1 spiro atoms. The summed E-state index contributed by atoms with van der Waals surface area (Å²) in [5, 5.41) is 9.74.